The van der Waals surface area contributed by atoms with Crippen molar-refractivity contribution in [1.82, 2.24) is 19.7 Å². The Bertz CT molecular complexity index is 954. The van der Waals surface area contributed by atoms with Crippen LogP contribution in [0, 0.1) is 4.77 Å². The fraction of sp³-hybridized carbons (Fsp3) is 0.524. The van der Waals surface area contributed by atoms with Gasteiger partial charge in [-0.15, -0.1) is 0 Å². The van der Waals surface area contributed by atoms with E-state index in [0.717, 1.165) is 37.3 Å². The van der Waals surface area contributed by atoms with Crippen molar-refractivity contribution in [2.45, 2.75) is 51.5 Å². The lowest BCUT2D eigenvalue weighted by Crippen LogP contribution is -2.38. The highest BCUT2D eigenvalue weighted by Crippen LogP contribution is 2.29. The number of anilines is 1. The molecule has 2 fully saturated rings. The maximum atomic E-state index is 12.9. The van der Waals surface area contributed by atoms with Crippen LogP contribution >= 0.6 is 12.2 Å². The molecule has 29 heavy (non-hydrogen) atoms. The average Bonchev–Trinajstić information content (AvgIpc) is 3.33. The van der Waals surface area contributed by atoms with E-state index in [1.54, 1.807) is 4.90 Å². The number of carbonyl (C=O) groups excluding carboxylic acids is 2. The molecular formula is C21H27N5O2S. The minimum absolute atomic E-state index is 0.0467. The highest BCUT2D eigenvalue weighted by Gasteiger charge is 2.28. The van der Waals surface area contributed by atoms with Gasteiger partial charge in [-0.3, -0.25) is 14.7 Å². The van der Waals surface area contributed by atoms with Crippen LogP contribution in [0.4, 0.5) is 5.69 Å². The Morgan fingerprint density at radius 2 is 1.86 bits per heavy atom. The van der Waals surface area contributed by atoms with Crippen molar-refractivity contribution < 1.29 is 9.59 Å². The van der Waals surface area contributed by atoms with Crippen LogP contribution < -0.4 is 4.90 Å². The third-order valence-electron chi connectivity index (χ3n) is 5.89. The van der Waals surface area contributed by atoms with Crippen LogP contribution in [0.3, 0.4) is 0 Å². The SMILES string of the molecule is CC(C)n1c(C2CCN(C(=O)c3ccc(N4CCCC4=O)cc3)CC2)n[nH]c1=S. The first-order chi connectivity index (χ1) is 14.0. The molecule has 4 rings (SSSR count). The lowest BCUT2D eigenvalue weighted by atomic mass is 9.95. The van der Waals surface area contributed by atoms with Gasteiger partial charge in [0.05, 0.1) is 0 Å². The second-order valence-corrected chi connectivity index (χ2v) is 8.50. The highest BCUT2D eigenvalue weighted by molar-refractivity contribution is 7.71. The van der Waals surface area contributed by atoms with Crippen LogP contribution in [0.1, 0.15) is 67.7 Å². The summed E-state index contributed by atoms with van der Waals surface area (Å²) in [4.78, 5) is 28.5. The van der Waals surface area contributed by atoms with E-state index >= 15 is 0 Å². The summed E-state index contributed by atoms with van der Waals surface area (Å²) in [5, 5.41) is 7.37. The molecular weight excluding hydrogens is 386 g/mol. The normalized spacial score (nSPS) is 18.1. The van der Waals surface area contributed by atoms with Gasteiger partial charge in [0.15, 0.2) is 4.77 Å². The van der Waals surface area contributed by atoms with Gasteiger partial charge in [-0.2, -0.15) is 5.10 Å². The third-order valence-corrected chi connectivity index (χ3v) is 6.18. The minimum Gasteiger partial charge on any atom is -0.339 e. The summed E-state index contributed by atoms with van der Waals surface area (Å²) in [7, 11) is 0. The summed E-state index contributed by atoms with van der Waals surface area (Å²) in [5.41, 5.74) is 1.54. The smallest absolute Gasteiger partial charge is 0.253 e. The Hall–Kier alpha value is -2.48. The monoisotopic (exact) mass is 413 g/mol. The van der Waals surface area contributed by atoms with Gasteiger partial charge >= 0.3 is 0 Å². The first-order valence-corrected chi connectivity index (χ1v) is 10.7. The van der Waals surface area contributed by atoms with E-state index in [-0.39, 0.29) is 17.9 Å². The summed E-state index contributed by atoms with van der Waals surface area (Å²) < 4.78 is 2.74. The molecule has 0 radical (unpaired) electrons. The van der Waals surface area contributed by atoms with E-state index < -0.39 is 0 Å². The first-order valence-electron chi connectivity index (χ1n) is 10.3. The second kappa shape index (κ2) is 8.10. The number of benzene rings is 1. The van der Waals surface area contributed by atoms with E-state index in [0.29, 0.717) is 35.8 Å². The standard InChI is InChI=1S/C21H27N5O2S/c1-14(2)26-19(22-23-21(26)29)15-9-12-24(13-10-15)20(28)16-5-7-17(8-6-16)25-11-3-4-18(25)27/h5-8,14-15H,3-4,9-13H2,1-2H3,(H,23,29). The fourth-order valence-corrected chi connectivity index (χ4v) is 4.68. The number of rotatable bonds is 4. The van der Waals surface area contributed by atoms with E-state index in [1.165, 1.54) is 0 Å². The van der Waals surface area contributed by atoms with Crippen molar-refractivity contribution in [3.8, 4) is 0 Å². The Balaban J connectivity index is 1.40. The maximum absolute atomic E-state index is 12.9. The molecule has 0 atom stereocenters. The minimum atomic E-state index is 0.0467. The van der Waals surface area contributed by atoms with Crippen LogP contribution in [0.25, 0.3) is 0 Å². The molecule has 1 aromatic heterocycles. The molecule has 2 saturated heterocycles. The van der Waals surface area contributed by atoms with Gasteiger partial charge in [0.1, 0.15) is 5.82 Å². The number of aromatic nitrogens is 3. The molecule has 0 spiro atoms. The van der Waals surface area contributed by atoms with Crippen molar-refractivity contribution in [1.29, 1.82) is 0 Å². The number of carbonyl (C=O) groups is 2. The molecule has 0 bridgehead atoms. The number of hydrogen-bond donors (Lipinski definition) is 1. The predicted octanol–water partition coefficient (Wildman–Crippen LogP) is 3.67. The summed E-state index contributed by atoms with van der Waals surface area (Å²) >= 11 is 5.36. The number of nitrogens with zero attached hydrogens (tertiary/aromatic N) is 4. The summed E-state index contributed by atoms with van der Waals surface area (Å²) in [5.74, 6) is 1.51. The largest absolute Gasteiger partial charge is 0.339 e. The molecule has 2 aromatic rings. The van der Waals surface area contributed by atoms with Gasteiger partial charge in [0, 0.05) is 49.3 Å². The summed E-state index contributed by atoms with van der Waals surface area (Å²) in [6.07, 6.45) is 3.25. The van der Waals surface area contributed by atoms with Gasteiger partial charge in [0.2, 0.25) is 5.91 Å². The summed E-state index contributed by atoms with van der Waals surface area (Å²) in [6, 6.07) is 7.68. The van der Waals surface area contributed by atoms with Crippen LogP contribution in [0.2, 0.25) is 0 Å². The zero-order valence-corrected chi connectivity index (χ0v) is 17.7. The average molecular weight is 414 g/mol. The molecule has 0 saturated carbocycles. The van der Waals surface area contributed by atoms with Crippen molar-refractivity contribution in [3.05, 3.63) is 40.4 Å². The third kappa shape index (κ3) is 3.85. The number of likely N-dealkylation sites (tertiary alicyclic amines) is 1. The Morgan fingerprint density at radius 3 is 2.45 bits per heavy atom. The highest BCUT2D eigenvalue weighted by atomic mass is 32.1. The van der Waals surface area contributed by atoms with Crippen LogP contribution in [-0.2, 0) is 4.79 Å². The van der Waals surface area contributed by atoms with Gasteiger partial charge < -0.3 is 14.4 Å². The number of aromatic amines is 1. The molecule has 0 unspecified atom stereocenters. The molecule has 0 aliphatic carbocycles. The Morgan fingerprint density at radius 1 is 1.17 bits per heavy atom. The quantitative estimate of drug-likeness (QED) is 0.776. The van der Waals surface area contributed by atoms with E-state index in [9.17, 15) is 9.59 Å². The van der Waals surface area contributed by atoms with Gasteiger partial charge in [-0.1, -0.05) is 0 Å². The lowest BCUT2D eigenvalue weighted by molar-refractivity contribution is -0.117. The van der Waals surface area contributed by atoms with Crippen LogP contribution in [0.15, 0.2) is 24.3 Å². The van der Waals surface area contributed by atoms with Crippen molar-refractivity contribution in [2.24, 2.45) is 0 Å². The molecule has 7 nitrogen and oxygen atoms in total. The van der Waals surface area contributed by atoms with Crippen molar-refractivity contribution >= 4 is 29.7 Å². The molecule has 2 aliphatic rings. The Kier molecular flexibility index (Phi) is 5.54. The molecule has 3 heterocycles. The summed E-state index contributed by atoms with van der Waals surface area (Å²) in [6.45, 7) is 6.37. The zero-order valence-electron chi connectivity index (χ0n) is 16.9. The predicted molar refractivity (Wildman–Crippen MR) is 114 cm³/mol. The number of amides is 2. The van der Waals surface area contributed by atoms with Crippen molar-refractivity contribution in [2.75, 3.05) is 24.5 Å². The van der Waals surface area contributed by atoms with Gasteiger partial charge in [0.25, 0.3) is 5.91 Å². The molecule has 1 aromatic carbocycles. The Labute approximate surface area is 175 Å². The molecule has 1 N–H and O–H groups in total. The maximum Gasteiger partial charge on any atom is 0.253 e. The molecule has 2 aliphatic heterocycles. The number of piperidine rings is 1. The lowest BCUT2D eigenvalue weighted by Gasteiger charge is -2.32. The second-order valence-electron chi connectivity index (χ2n) is 8.11. The molecule has 2 amide bonds. The number of hydrogen-bond acceptors (Lipinski definition) is 4. The van der Waals surface area contributed by atoms with Gasteiger partial charge in [-0.05, 0) is 69.6 Å². The van der Waals surface area contributed by atoms with Crippen LogP contribution in [-0.4, -0.2) is 51.1 Å². The fourth-order valence-electron chi connectivity index (χ4n) is 4.33. The number of nitrogens with one attached hydrogen (secondary N) is 1. The van der Waals surface area contributed by atoms with E-state index in [1.807, 2.05) is 29.2 Å². The van der Waals surface area contributed by atoms with Crippen molar-refractivity contribution in [3.63, 3.8) is 0 Å². The topological polar surface area (TPSA) is 74.2 Å². The van der Waals surface area contributed by atoms with Crippen LogP contribution in [0.5, 0.6) is 0 Å². The zero-order chi connectivity index (χ0) is 20.5. The number of H-pyrrole nitrogens is 1. The van der Waals surface area contributed by atoms with E-state index in [4.69, 9.17) is 12.2 Å². The first kappa shape index (κ1) is 19.8. The molecule has 8 heteroatoms. The van der Waals surface area contributed by atoms with E-state index in [2.05, 4.69) is 28.6 Å². The van der Waals surface area contributed by atoms with Gasteiger partial charge in [-0.25, -0.2) is 0 Å². The molecule has 154 valence electrons.